The van der Waals surface area contributed by atoms with E-state index in [4.69, 9.17) is 9.84 Å². The molecule has 1 atom stereocenters. The first-order valence-corrected chi connectivity index (χ1v) is 7.23. The third kappa shape index (κ3) is 3.62. The molecule has 0 radical (unpaired) electrons. The second kappa shape index (κ2) is 6.28. The van der Waals surface area contributed by atoms with Gasteiger partial charge >= 0.3 is 6.09 Å². The molecule has 4 nitrogen and oxygen atoms in total. The Morgan fingerprint density at radius 2 is 2.37 bits per heavy atom. The largest absolute Gasteiger partial charge is 0.493 e. The van der Waals surface area contributed by atoms with E-state index in [1.165, 1.54) is 4.90 Å². The minimum atomic E-state index is -0.814. The van der Waals surface area contributed by atoms with Gasteiger partial charge in [-0.2, -0.15) is 0 Å². The van der Waals surface area contributed by atoms with Gasteiger partial charge in [0.05, 0.1) is 6.61 Å². The molecule has 1 fully saturated rings. The van der Waals surface area contributed by atoms with Gasteiger partial charge in [0.1, 0.15) is 5.75 Å². The molecule has 1 aliphatic heterocycles. The Bertz CT molecular complexity index is 464. The Morgan fingerprint density at radius 3 is 3.05 bits per heavy atom. The Hall–Kier alpha value is -1.23. The molecule has 104 valence electrons. The molecule has 1 saturated heterocycles. The van der Waals surface area contributed by atoms with Gasteiger partial charge in [-0.3, -0.25) is 0 Å². The number of amides is 1. The van der Waals surface area contributed by atoms with Gasteiger partial charge in [0.15, 0.2) is 0 Å². The summed E-state index contributed by atoms with van der Waals surface area (Å²) in [6.45, 7) is 3.93. The molecule has 1 heterocycles. The molecule has 0 unspecified atom stereocenters. The van der Waals surface area contributed by atoms with Crippen LogP contribution in [0.2, 0.25) is 0 Å². The highest BCUT2D eigenvalue weighted by Crippen LogP contribution is 2.26. The minimum absolute atomic E-state index is 0.420. The number of ether oxygens (including phenoxy) is 1. The van der Waals surface area contributed by atoms with Crippen LogP contribution in [-0.4, -0.2) is 35.8 Å². The van der Waals surface area contributed by atoms with Gasteiger partial charge in [-0.25, -0.2) is 4.79 Å². The maximum Gasteiger partial charge on any atom is 0.407 e. The van der Waals surface area contributed by atoms with Crippen molar-refractivity contribution >= 4 is 22.0 Å². The number of carbonyl (C=O) groups is 1. The smallest absolute Gasteiger partial charge is 0.407 e. The summed E-state index contributed by atoms with van der Waals surface area (Å²) in [6.07, 6.45) is 1.02. The lowest BCUT2D eigenvalue weighted by molar-refractivity contribution is 0.153. The highest BCUT2D eigenvalue weighted by Gasteiger charge is 2.25. The average molecular weight is 328 g/mol. The summed E-state index contributed by atoms with van der Waals surface area (Å²) in [7, 11) is 0. The zero-order valence-electron chi connectivity index (χ0n) is 10.9. The van der Waals surface area contributed by atoms with E-state index in [1.807, 2.05) is 25.1 Å². The summed E-state index contributed by atoms with van der Waals surface area (Å²) < 4.78 is 6.82. The molecule has 19 heavy (non-hydrogen) atoms. The standard InChI is InChI=1S/C14H18BrNO3/c1-10-12(15)3-2-4-13(10)19-8-6-11-5-7-16(9-11)14(17)18/h2-4,11H,5-9H2,1H3,(H,17,18)/t11-/m1/s1. The van der Waals surface area contributed by atoms with E-state index in [2.05, 4.69) is 15.9 Å². The number of carboxylic acid groups (broad SMARTS) is 1. The van der Waals surface area contributed by atoms with Crippen LogP contribution in [0, 0.1) is 12.8 Å². The van der Waals surface area contributed by atoms with E-state index >= 15 is 0 Å². The summed E-state index contributed by atoms with van der Waals surface area (Å²) in [6, 6.07) is 5.90. The van der Waals surface area contributed by atoms with Crippen LogP contribution >= 0.6 is 15.9 Å². The van der Waals surface area contributed by atoms with Gasteiger partial charge in [-0.15, -0.1) is 0 Å². The van der Waals surface area contributed by atoms with E-state index < -0.39 is 6.09 Å². The lowest BCUT2D eigenvalue weighted by atomic mass is 10.1. The number of nitrogens with zero attached hydrogens (tertiary/aromatic N) is 1. The van der Waals surface area contributed by atoms with Crippen LogP contribution in [0.3, 0.4) is 0 Å². The van der Waals surface area contributed by atoms with E-state index in [9.17, 15) is 4.79 Å². The SMILES string of the molecule is Cc1c(Br)cccc1OCC[C@H]1CCN(C(=O)O)C1. The Labute approximate surface area is 121 Å². The van der Waals surface area contributed by atoms with Crippen LogP contribution in [0.15, 0.2) is 22.7 Å². The molecule has 0 saturated carbocycles. The van der Waals surface area contributed by atoms with Crippen molar-refractivity contribution in [3.63, 3.8) is 0 Å². The fraction of sp³-hybridized carbons (Fsp3) is 0.500. The van der Waals surface area contributed by atoms with E-state index in [1.54, 1.807) is 0 Å². The van der Waals surface area contributed by atoms with Gasteiger partial charge in [-0.1, -0.05) is 22.0 Å². The maximum absolute atomic E-state index is 10.8. The lowest BCUT2D eigenvalue weighted by Gasteiger charge is -2.14. The zero-order valence-corrected chi connectivity index (χ0v) is 12.5. The molecule has 0 aliphatic carbocycles. The number of benzene rings is 1. The van der Waals surface area contributed by atoms with E-state index in [0.717, 1.165) is 28.6 Å². The molecule has 2 rings (SSSR count). The molecule has 5 heteroatoms. The van der Waals surface area contributed by atoms with Gasteiger partial charge in [-0.05, 0) is 37.8 Å². The van der Waals surface area contributed by atoms with Gasteiger partial charge < -0.3 is 14.7 Å². The fourth-order valence-electron chi connectivity index (χ4n) is 2.32. The third-order valence-corrected chi connectivity index (χ3v) is 4.42. The summed E-state index contributed by atoms with van der Waals surface area (Å²) in [5.74, 6) is 1.31. The number of halogens is 1. The molecular formula is C14H18BrNO3. The van der Waals surface area contributed by atoms with Crippen molar-refractivity contribution < 1.29 is 14.6 Å². The van der Waals surface area contributed by atoms with Crippen LogP contribution in [0.25, 0.3) is 0 Å². The minimum Gasteiger partial charge on any atom is -0.493 e. The van der Waals surface area contributed by atoms with Crippen LogP contribution in [0.1, 0.15) is 18.4 Å². The number of likely N-dealkylation sites (tertiary alicyclic amines) is 1. The molecule has 1 N–H and O–H groups in total. The van der Waals surface area contributed by atoms with Crippen LogP contribution < -0.4 is 4.74 Å². The molecule has 1 aliphatic rings. The molecule has 0 spiro atoms. The summed E-state index contributed by atoms with van der Waals surface area (Å²) in [5.41, 5.74) is 1.10. The first-order chi connectivity index (χ1) is 9.08. The molecule has 0 bridgehead atoms. The normalized spacial score (nSPS) is 18.6. The summed E-state index contributed by atoms with van der Waals surface area (Å²) >= 11 is 3.48. The fourth-order valence-corrected chi connectivity index (χ4v) is 2.67. The number of rotatable bonds is 4. The van der Waals surface area contributed by atoms with Crippen molar-refractivity contribution in [2.45, 2.75) is 19.8 Å². The predicted molar refractivity (Wildman–Crippen MR) is 76.7 cm³/mol. The topological polar surface area (TPSA) is 49.8 Å². The predicted octanol–water partition coefficient (Wildman–Crippen LogP) is 3.53. The van der Waals surface area contributed by atoms with E-state index in [0.29, 0.717) is 25.6 Å². The lowest BCUT2D eigenvalue weighted by Crippen LogP contribution is -2.26. The Morgan fingerprint density at radius 1 is 1.58 bits per heavy atom. The van der Waals surface area contributed by atoms with Crippen molar-refractivity contribution in [1.29, 1.82) is 0 Å². The number of hydrogen-bond donors (Lipinski definition) is 1. The van der Waals surface area contributed by atoms with Gasteiger partial charge in [0.25, 0.3) is 0 Å². The second-order valence-electron chi connectivity index (χ2n) is 4.88. The summed E-state index contributed by atoms with van der Waals surface area (Å²) in [5, 5.41) is 8.89. The Balaban J connectivity index is 1.78. The van der Waals surface area contributed by atoms with Crippen LogP contribution in [-0.2, 0) is 0 Å². The van der Waals surface area contributed by atoms with Crippen molar-refractivity contribution in [2.24, 2.45) is 5.92 Å². The van der Waals surface area contributed by atoms with Gasteiger partial charge in [0, 0.05) is 23.1 Å². The highest BCUT2D eigenvalue weighted by atomic mass is 79.9. The monoisotopic (exact) mass is 327 g/mol. The first kappa shape index (κ1) is 14.2. The van der Waals surface area contributed by atoms with Gasteiger partial charge in [0.2, 0.25) is 0 Å². The molecular weight excluding hydrogens is 310 g/mol. The zero-order chi connectivity index (χ0) is 13.8. The molecule has 1 aromatic rings. The van der Waals surface area contributed by atoms with Crippen molar-refractivity contribution in [1.82, 2.24) is 4.90 Å². The third-order valence-electron chi connectivity index (χ3n) is 3.56. The quantitative estimate of drug-likeness (QED) is 0.920. The average Bonchev–Trinajstić information content (AvgIpc) is 2.83. The second-order valence-corrected chi connectivity index (χ2v) is 5.74. The molecule has 0 aromatic heterocycles. The summed E-state index contributed by atoms with van der Waals surface area (Å²) in [4.78, 5) is 12.3. The first-order valence-electron chi connectivity index (χ1n) is 6.43. The molecule has 1 aromatic carbocycles. The number of hydrogen-bond acceptors (Lipinski definition) is 2. The van der Waals surface area contributed by atoms with Crippen LogP contribution in [0.4, 0.5) is 4.79 Å². The van der Waals surface area contributed by atoms with Crippen molar-refractivity contribution in [3.8, 4) is 5.75 Å². The van der Waals surface area contributed by atoms with E-state index in [-0.39, 0.29) is 0 Å². The highest BCUT2D eigenvalue weighted by molar-refractivity contribution is 9.10. The Kier molecular flexibility index (Phi) is 4.69. The molecule has 1 amide bonds. The maximum atomic E-state index is 10.8. The van der Waals surface area contributed by atoms with Crippen molar-refractivity contribution in [3.05, 3.63) is 28.2 Å². The van der Waals surface area contributed by atoms with Crippen LogP contribution in [0.5, 0.6) is 5.75 Å². The van der Waals surface area contributed by atoms with Crippen molar-refractivity contribution in [2.75, 3.05) is 19.7 Å².